The van der Waals surface area contributed by atoms with Gasteiger partial charge in [0.25, 0.3) is 5.91 Å². The molecule has 2 aromatic carbocycles. The Bertz CT molecular complexity index is 610. The van der Waals surface area contributed by atoms with Crippen molar-refractivity contribution in [2.45, 2.75) is 25.5 Å². The lowest BCUT2D eigenvalue weighted by Gasteiger charge is -2.21. The highest BCUT2D eigenvalue weighted by Gasteiger charge is 2.23. The van der Waals surface area contributed by atoms with Crippen LogP contribution < -0.4 is 5.32 Å². The zero-order valence-corrected chi connectivity index (χ0v) is 13.5. The van der Waals surface area contributed by atoms with E-state index in [1.807, 2.05) is 54.6 Å². The maximum Gasteiger partial charge on any atom is 0.254 e. The van der Waals surface area contributed by atoms with Crippen LogP contribution in [-0.4, -0.2) is 24.7 Å². The number of amides is 1. The molecule has 0 saturated carbocycles. The zero-order valence-electron chi connectivity index (χ0n) is 13.5. The second-order valence-electron chi connectivity index (χ2n) is 5.37. The third kappa shape index (κ3) is 4.41. The maximum atomic E-state index is 12.5. The van der Waals surface area contributed by atoms with Gasteiger partial charge < -0.3 is 15.2 Å². The highest BCUT2D eigenvalue weighted by Crippen LogP contribution is 2.19. The summed E-state index contributed by atoms with van der Waals surface area (Å²) >= 11 is 0. The SMILES string of the molecule is CCc1ccc(C(CO)NC(=O)C(OC)c2ccccc2)cc1. The van der Waals surface area contributed by atoms with Crippen LogP contribution in [0.4, 0.5) is 0 Å². The Hall–Kier alpha value is -2.17. The lowest BCUT2D eigenvalue weighted by atomic mass is 10.0. The lowest BCUT2D eigenvalue weighted by molar-refractivity contribution is -0.132. The van der Waals surface area contributed by atoms with E-state index < -0.39 is 12.1 Å². The molecule has 0 aliphatic heterocycles. The molecule has 0 heterocycles. The Morgan fingerprint density at radius 1 is 1.09 bits per heavy atom. The van der Waals surface area contributed by atoms with Crippen LogP contribution in [0.5, 0.6) is 0 Å². The predicted octanol–water partition coefficient (Wildman–Crippen LogP) is 2.79. The summed E-state index contributed by atoms with van der Waals surface area (Å²) in [5.74, 6) is -0.266. The molecule has 4 heteroatoms. The van der Waals surface area contributed by atoms with Gasteiger partial charge in [0.05, 0.1) is 12.6 Å². The lowest BCUT2D eigenvalue weighted by Crippen LogP contribution is -2.35. The molecule has 23 heavy (non-hydrogen) atoms. The molecule has 4 nitrogen and oxygen atoms in total. The van der Waals surface area contributed by atoms with Gasteiger partial charge in [0.1, 0.15) is 0 Å². The first kappa shape index (κ1) is 17.2. The van der Waals surface area contributed by atoms with Crippen LogP contribution in [0, 0.1) is 0 Å². The summed E-state index contributed by atoms with van der Waals surface area (Å²) in [6.07, 6.45) is 0.260. The van der Waals surface area contributed by atoms with Crippen molar-refractivity contribution in [2.75, 3.05) is 13.7 Å². The Morgan fingerprint density at radius 2 is 1.74 bits per heavy atom. The number of ether oxygens (including phenoxy) is 1. The monoisotopic (exact) mass is 313 g/mol. The number of carbonyl (C=O) groups is 1. The molecule has 2 rings (SSSR count). The number of carbonyl (C=O) groups excluding carboxylic acids is 1. The Kier molecular flexibility index (Phi) is 6.32. The molecule has 0 aliphatic carbocycles. The Morgan fingerprint density at radius 3 is 2.26 bits per heavy atom. The minimum atomic E-state index is -0.694. The number of rotatable bonds is 7. The first-order valence-corrected chi connectivity index (χ1v) is 7.77. The van der Waals surface area contributed by atoms with Crippen LogP contribution in [0.3, 0.4) is 0 Å². The molecule has 2 N–H and O–H groups in total. The standard InChI is InChI=1S/C19H23NO3/c1-3-14-9-11-15(12-10-14)17(13-21)20-19(22)18(23-2)16-7-5-4-6-8-16/h4-12,17-18,21H,3,13H2,1-2H3,(H,20,22). The molecule has 0 spiro atoms. The molecule has 0 saturated heterocycles. The summed E-state index contributed by atoms with van der Waals surface area (Å²) in [4.78, 5) is 12.5. The highest BCUT2D eigenvalue weighted by molar-refractivity contribution is 5.82. The van der Waals surface area contributed by atoms with Gasteiger partial charge in [-0.05, 0) is 23.1 Å². The molecule has 2 unspecified atom stereocenters. The van der Waals surface area contributed by atoms with Crippen LogP contribution in [0.15, 0.2) is 54.6 Å². The van der Waals surface area contributed by atoms with Crippen LogP contribution >= 0.6 is 0 Å². The molecular weight excluding hydrogens is 290 g/mol. The molecule has 0 aromatic heterocycles. The second-order valence-corrected chi connectivity index (χ2v) is 5.37. The number of methoxy groups -OCH3 is 1. The number of hydrogen-bond donors (Lipinski definition) is 2. The second kappa shape index (κ2) is 8.46. The van der Waals surface area contributed by atoms with Gasteiger partial charge in [-0.25, -0.2) is 0 Å². The van der Waals surface area contributed by atoms with Gasteiger partial charge in [-0.1, -0.05) is 61.5 Å². The van der Waals surface area contributed by atoms with Crippen molar-refractivity contribution in [3.8, 4) is 0 Å². The molecule has 0 radical (unpaired) electrons. The van der Waals surface area contributed by atoms with Crippen LogP contribution in [0.25, 0.3) is 0 Å². The maximum absolute atomic E-state index is 12.5. The zero-order chi connectivity index (χ0) is 16.7. The average Bonchev–Trinajstić information content (AvgIpc) is 2.61. The molecule has 0 fully saturated rings. The van der Waals surface area contributed by atoms with Gasteiger partial charge >= 0.3 is 0 Å². The summed E-state index contributed by atoms with van der Waals surface area (Å²) in [7, 11) is 1.50. The molecule has 2 atom stereocenters. The normalized spacial score (nSPS) is 13.3. The topological polar surface area (TPSA) is 58.6 Å². The van der Waals surface area contributed by atoms with E-state index in [1.165, 1.54) is 12.7 Å². The summed E-state index contributed by atoms with van der Waals surface area (Å²) in [5.41, 5.74) is 2.88. The predicted molar refractivity (Wildman–Crippen MR) is 90.0 cm³/mol. The van der Waals surface area contributed by atoms with E-state index >= 15 is 0 Å². The summed E-state index contributed by atoms with van der Waals surface area (Å²) in [6, 6.07) is 16.7. The Balaban J connectivity index is 2.11. The van der Waals surface area contributed by atoms with E-state index in [0.29, 0.717) is 0 Å². The van der Waals surface area contributed by atoms with Crippen LogP contribution in [0.1, 0.15) is 35.8 Å². The molecule has 122 valence electrons. The number of aryl methyl sites for hydroxylation is 1. The first-order valence-electron chi connectivity index (χ1n) is 7.77. The van der Waals surface area contributed by atoms with Crippen molar-refractivity contribution in [2.24, 2.45) is 0 Å². The van der Waals surface area contributed by atoms with Gasteiger partial charge in [0.15, 0.2) is 6.10 Å². The smallest absolute Gasteiger partial charge is 0.254 e. The molecule has 1 amide bonds. The quantitative estimate of drug-likeness (QED) is 0.826. The van der Waals surface area contributed by atoms with E-state index in [9.17, 15) is 9.90 Å². The fourth-order valence-electron chi connectivity index (χ4n) is 2.49. The van der Waals surface area contributed by atoms with Gasteiger partial charge in [0.2, 0.25) is 0 Å². The Labute approximate surface area is 137 Å². The minimum absolute atomic E-state index is 0.164. The number of nitrogens with one attached hydrogen (secondary N) is 1. The van der Waals surface area contributed by atoms with Crippen molar-refractivity contribution in [3.63, 3.8) is 0 Å². The van der Waals surface area contributed by atoms with Crippen LogP contribution in [-0.2, 0) is 16.0 Å². The molecular formula is C19H23NO3. The summed E-state index contributed by atoms with van der Waals surface area (Å²) < 4.78 is 5.32. The number of hydrogen-bond acceptors (Lipinski definition) is 3. The summed E-state index contributed by atoms with van der Waals surface area (Å²) in [6.45, 7) is 1.92. The van der Waals surface area contributed by atoms with E-state index in [4.69, 9.17) is 4.74 Å². The van der Waals surface area contributed by atoms with Gasteiger partial charge in [0, 0.05) is 7.11 Å². The average molecular weight is 313 g/mol. The largest absolute Gasteiger partial charge is 0.394 e. The van der Waals surface area contributed by atoms with Crippen molar-refractivity contribution in [1.82, 2.24) is 5.32 Å². The fourth-order valence-corrected chi connectivity index (χ4v) is 2.49. The summed E-state index contributed by atoms with van der Waals surface area (Å²) in [5, 5.41) is 12.5. The molecule has 2 aromatic rings. The van der Waals surface area contributed by atoms with Gasteiger partial charge in [-0.2, -0.15) is 0 Å². The van der Waals surface area contributed by atoms with Crippen molar-refractivity contribution < 1.29 is 14.6 Å². The van der Waals surface area contributed by atoms with E-state index in [1.54, 1.807) is 0 Å². The van der Waals surface area contributed by atoms with Crippen molar-refractivity contribution in [3.05, 3.63) is 71.3 Å². The number of aliphatic hydroxyl groups is 1. The molecule has 0 aliphatic rings. The fraction of sp³-hybridized carbons (Fsp3) is 0.316. The van der Waals surface area contributed by atoms with Gasteiger partial charge in [-0.15, -0.1) is 0 Å². The van der Waals surface area contributed by atoms with Crippen molar-refractivity contribution >= 4 is 5.91 Å². The highest BCUT2D eigenvalue weighted by atomic mass is 16.5. The first-order chi connectivity index (χ1) is 11.2. The van der Waals surface area contributed by atoms with E-state index in [0.717, 1.165) is 17.5 Å². The third-order valence-corrected chi connectivity index (χ3v) is 3.87. The molecule has 0 bridgehead atoms. The minimum Gasteiger partial charge on any atom is -0.394 e. The van der Waals surface area contributed by atoms with E-state index in [2.05, 4.69) is 12.2 Å². The van der Waals surface area contributed by atoms with Crippen LogP contribution in [0.2, 0.25) is 0 Å². The van der Waals surface area contributed by atoms with Crippen molar-refractivity contribution in [1.29, 1.82) is 0 Å². The third-order valence-electron chi connectivity index (χ3n) is 3.87. The van der Waals surface area contributed by atoms with E-state index in [-0.39, 0.29) is 12.5 Å². The van der Waals surface area contributed by atoms with Gasteiger partial charge in [-0.3, -0.25) is 4.79 Å². The number of aliphatic hydroxyl groups excluding tert-OH is 1. The number of benzene rings is 2.